The monoisotopic (exact) mass is 169 g/mol. The van der Waals surface area contributed by atoms with Crippen LogP contribution in [0.4, 0.5) is 0 Å². The molecule has 0 radical (unpaired) electrons. The van der Waals surface area contributed by atoms with Crippen molar-refractivity contribution in [3.63, 3.8) is 0 Å². The summed E-state index contributed by atoms with van der Waals surface area (Å²) in [7, 11) is 0. The fourth-order valence-corrected chi connectivity index (χ4v) is 1.79. The Balaban J connectivity index is 2.31. The average Bonchev–Trinajstić information content (AvgIpc) is 1.99. The molecule has 2 heteroatoms. The van der Waals surface area contributed by atoms with Gasteiger partial charge < -0.3 is 10.0 Å². The molecule has 1 rings (SSSR count). The number of likely N-dealkylation sites (tertiary alicyclic amines) is 1. The Morgan fingerprint density at radius 3 is 3.00 bits per heavy atom. The average molecular weight is 169 g/mol. The van der Waals surface area contributed by atoms with Crippen LogP contribution in [-0.2, 0) is 0 Å². The number of hydrogen-bond donors (Lipinski definition) is 1. The Bertz CT molecular complexity index is 154. The van der Waals surface area contributed by atoms with Gasteiger partial charge in [-0.2, -0.15) is 0 Å². The molecule has 0 bridgehead atoms. The minimum Gasteiger partial charge on any atom is -0.389 e. The highest BCUT2D eigenvalue weighted by molar-refractivity contribution is 4.83. The summed E-state index contributed by atoms with van der Waals surface area (Å²) in [6.07, 6.45) is 5.02. The molecule has 1 N–H and O–H groups in total. The summed E-state index contributed by atoms with van der Waals surface area (Å²) in [6, 6.07) is 0. The third-order valence-electron chi connectivity index (χ3n) is 2.40. The van der Waals surface area contributed by atoms with Gasteiger partial charge in [0.2, 0.25) is 0 Å². The van der Waals surface area contributed by atoms with Gasteiger partial charge in [-0.25, -0.2) is 0 Å². The van der Waals surface area contributed by atoms with Crippen LogP contribution < -0.4 is 0 Å². The lowest BCUT2D eigenvalue weighted by molar-refractivity contribution is -0.0148. The van der Waals surface area contributed by atoms with E-state index in [2.05, 4.69) is 11.5 Å². The fourth-order valence-electron chi connectivity index (χ4n) is 1.79. The standard InChI is InChI=1S/C10H19NO/c1-3-4-7-11-8-5-6-10(2,12)9-11/h3,12H,1,4-9H2,2H3. The van der Waals surface area contributed by atoms with E-state index in [0.29, 0.717) is 0 Å². The van der Waals surface area contributed by atoms with E-state index in [4.69, 9.17) is 0 Å². The first-order chi connectivity index (χ1) is 5.64. The number of β-amino-alcohol motifs (C(OH)–C–C–N with tert-alkyl or cyclic N) is 1. The van der Waals surface area contributed by atoms with Crippen LogP contribution in [0.25, 0.3) is 0 Å². The van der Waals surface area contributed by atoms with Gasteiger partial charge in [0, 0.05) is 13.1 Å². The van der Waals surface area contributed by atoms with Gasteiger partial charge >= 0.3 is 0 Å². The topological polar surface area (TPSA) is 23.5 Å². The highest BCUT2D eigenvalue weighted by Gasteiger charge is 2.27. The second-order valence-electron chi connectivity index (χ2n) is 3.95. The second-order valence-corrected chi connectivity index (χ2v) is 3.95. The van der Waals surface area contributed by atoms with Crippen molar-refractivity contribution in [2.75, 3.05) is 19.6 Å². The molecule has 0 spiro atoms. The number of nitrogens with zero attached hydrogens (tertiary/aromatic N) is 1. The zero-order valence-electron chi connectivity index (χ0n) is 7.92. The quantitative estimate of drug-likeness (QED) is 0.646. The largest absolute Gasteiger partial charge is 0.389 e. The third-order valence-corrected chi connectivity index (χ3v) is 2.40. The Morgan fingerprint density at radius 2 is 2.42 bits per heavy atom. The van der Waals surface area contributed by atoms with Gasteiger partial charge in [0.1, 0.15) is 0 Å². The van der Waals surface area contributed by atoms with Gasteiger partial charge in [-0.15, -0.1) is 6.58 Å². The third kappa shape index (κ3) is 2.95. The van der Waals surface area contributed by atoms with Crippen molar-refractivity contribution in [2.24, 2.45) is 0 Å². The van der Waals surface area contributed by atoms with Gasteiger partial charge in [0.25, 0.3) is 0 Å². The Kier molecular flexibility index (Phi) is 3.29. The first-order valence-corrected chi connectivity index (χ1v) is 4.70. The van der Waals surface area contributed by atoms with Crippen LogP contribution in [0.2, 0.25) is 0 Å². The van der Waals surface area contributed by atoms with Crippen molar-refractivity contribution >= 4 is 0 Å². The molecular weight excluding hydrogens is 150 g/mol. The smallest absolute Gasteiger partial charge is 0.0746 e. The summed E-state index contributed by atoms with van der Waals surface area (Å²) in [6.45, 7) is 8.61. The van der Waals surface area contributed by atoms with Crippen molar-refractivity contribution in [3.05, 3.63) is 12.7 Å². The number of hydrogen-bond acceptors (Lipinski definition) is 2. The first-order valence-electron chi connectivity index (χ1n) is 4.70. The molecule has 0 aromatic rings. The van der Waals surface area contributed by atoms with Crippen molar-refractivity contribution in [1.29, 1.82) is 0 Å². The summed E-state index contributed by atoms with van der Waals surface area (Å²) in [4.78, 5) is 2.31. The lowest BCUT2D eigenvalue weighted by Crippen LogP contribution is -2.46. The molecule has 12 heavy (non-hydrogen) atoms. The van der Waals surface area contributed by atoms with Crippen LogP contribution in [0.15, 0.2) is 12.7 Å². The van der Waals surface area contributed by atoms with Gasteiger partial charge in [0.05, 0.1) is 5.60 Å². The molecule has 1 fully saturated rings. The molecule has 70 valence electrons. The van der Waals surface area contributed by atoms with Crippen LogP contribution in [0.5, 0.6) is 0 Å². The van der Waals surface area contributed by atoms with Crippen molar-refractivity contribution < 1.29 is 5.11 Å². The number of rotatable bonds is 3. The first kappa shape index (κ1) is 9.75. The molecule has 1 atom stereocenters. The molecular formula is C10H19NO. The Labute approximate surface area is 74.9 Å². The van der Waals surface area contributed by atoms with E-state index in [0.717, 1.165) is 38.9 Å². The predicted molar refractivity (Wildman–Crippen MR) is 51.1 cm³/mol. The lowest BCUT2D eigenvalue weighted by Gasteiger charge is -2.36. The molecule has 2 nitrogen and oxygen atoms in total. The maximum atomic E-state index is 9.78. The van der Waals surface area contributed by atoms with Crippen LogP contribution in [0.3, 0.4) is 0 Å². The summed E-state index contributed by atoms with van der Waals surface area (Å²) in [5, 5.41) is 9.78. The normalized spacial score (nSPS) is 31.8. The van der Waals surface area contributed by atoms with E-state index in [1.54, 1.807) is 0 Å². The molecule has 1 saturated heterocycles. The van der Waals surface area contributed by atoms with Gasteiger partial charge in [-0.3, -0.25) is 0 Å². The summed E-state index contributed by atoms with van der Waals surface area (Å²) in [5.41, 5.74) is -0.459. The van der Waals surface area contributed by atoms with Crippen LogP contribution in [0.1, 0.15) is 26.2 Å². The maximum Gasteiger partial charge on any atom is 0.0746 e. The molecule has 0 saturated carbocycles. The summed E-state index contributed by atoms with van der Waals surface area (Å²) < 4.78 is 0. The van der Waals surface area contributed by atoms with E-state index in [9.17, 15) is 5.11 Å². The lowest BCUT2D eigenvalue weighted by atomic mass is 9.95. The molecule has 1 heterocycles. The molecule has 1 aliphatic rings. The van der Waals surface area contributed by atoms with E-state index in [-0.39, 0.29) is 0 Å². The molecule has 1 unspecified atom stereocenters. The SMILES string of the molecule is C=CCCN1CCCC(C)(O)C1. The second kappa shape index (κ2) is 4.06. The molecule has 1 aliphatic heterocycles. The van der Waals surface area contributed by atoms with E-state index in [1.807, 2.05) is 13.0 Å². The van der Waals surface area contributed by atoms with Crippen molar-refractivity contribution in [2.45, 2.75) is 31.8 Å². The van der Waals surface area contributed by atoms with E-state index in [1.165, 1.54) is 0 Å². The fraction of sp³-hybridized carbons (Fsp3) is 0.800. The highest BCUT2D eigenvalue weighted by atomic mass is 16.3. The van der Waals surface area contributed by atoms with Crippen LogP contribution in [0, 0.1) is 0 Å². The molecule has 0 aromatic heterocycles. The maximum absolute atomic E-state index is 9.78. The van der Waals surface area contributed by atoms with Gasteiger partial charge in [-0.05, 0) is 32.7 Å². The van der Waals surface area contributed by atoms with E-state index >= 15 is 0 Å². The van der Waals surface area contributed by atoms with Crippen molar-refractivity contribution in [3.8, 4) is 0 Å². The van der Waals surface area contributed by atoms with Crippen molar-refractivity contribution in [1.82, 2.24) is 4.90 Å². The Morgan fingerprint density at radius 1 is 1.67 bits per heavy atom. The van der Waals surface area contributed by atoms with E-state index < -0.39 is 5.60 Å². The van der Waals surface area contributed by atoms with Gasteiger partial charge in [-0.1, -0.05) is 6.08 Å². The highest BCUT2D eigenvalue weighted by Crippen LogP contribution is 2.19. The summed E-state index contributed by atoms with van der Waals surface area (Å²) >= 11 is 0. The molecule has 0 amide bonds. The zero-order chi connectivity index (χ0) is 9.03. The number of piperidine rings is 1. The molecule has 0 aliphatic carbocycles. The van der Waals surface area contributed by atoms with Crippen LogP contribution in [-0.4, -0.2) is 35.2 Å². The van der Waals surface area contributed by atoms with Gasteiger partial charge in [0.15, 0.2) is 0 Å². The Hall–Kier alpha value is -0.340. The zero-order valence-corrected chi connectivity index (χ0v) is 7.92. The minimum atomic E-state index is -0.459. The van der Waals surface area contributed by atoms with Crippen LogP contribution >= 0.6 is 0 Å². The number of aliphatic hydroxyl groups is 1. The minimum absolute atomic E-state index is 0.459. The molecule has 0 aromatic carbocycles. The predicted octanol–water partition coefficient (Wildman–Crippen LogP) is 1.41. The summed E-state index contributed by atoms with van der Waals surface area (Å²) in [5.74, 6) is 0.